The highest BCUT2D eigenvalue weighted by Crippen LogP contribution is 2.16. The number of anilines is 1. The quantitative estimate of drug-likeness (QED) is 0.741. The molecule has 0 radical (unpaired) electrons. The molecule has 1 rings (SSSR count). The maximum Gasteiger partial charge on any atom is 0.253 e. The number of carbonyl (C=O) groups is 1. The first-order chi connectivity index (χ1) is 9.04. The molecule has 1 amide bonds. The van der Waals surface area contributed by atoms with Gasteiger partial charge in [0, 0.05) is 19.3 Å². The summed E-state index contributed by atoms with van der Waals surface area (Å²) >= 11 is 0. The van der Waals surface area contributed by atoms with Crippen molar-refractivity contribution in [2.75, 3.05) is 39.5 Å². The number of benzene rings is 1. The summed E-state index contributed by atoms with van der Waals surface area (Å²) in [4.78, 5) is 14.2. The van der Waals surface area contributed by atoms with Crippen molar-refractivity contribution in [2.45, 2.75) is 19.8 Å². The molecule has 0 bridgehead atoms. The van der Waals surface area contributed by atoms with E-state index in [9.17, 15) is 4.79 Å². The van der Waals surface area contributed by atoms with E-state index in [1.807, 2.05) is 32.2 Å². The molecule has 4 heteroatoms. The minimum Gasteiger partial charge on any atom is -0.387 e. The molecule has 0 atom stereocenters. The van der Waals surface area contributed by atoms with Crippen LogP contribution in [0.1, 0.15) is 28.8 Å². The molecule has 0 aromatic heterocycles. The van der Waals surface area contributed by atoms with E-state index in [0.29, 0.717) is 5.56 Å². The SMILES string of the molecule is CNc1cc(C)ccc1C(=O)NCCCCN(C)C. The number of carbonyl (C=O) groups excluding carboxylic acids is 1. The largest absolute Gasteiger partial charge is 0.387 e. The van der Waals surface area contributed by atoms with Gasteiger partial charge in [-0.2, -0.15) is 0 Å². The van der Waals surface area contributed by atoms with Gasteiger partial charge in [0.2, 0.25) is 0 Å². The number of unbranched alkanes of at least 4 members (excludes halogenated alkanes) is 1. The lowest BCUT2D eigenvalue weighted by atomic mass is 10.1. The van der Waals surface area contributed by atoms with Crippen LogP contribution in [0.4, 0.5) is 5.69 Å². The first-order valence-electron chi connectivity index (χ1n) is 6.76. The van der Waals surface area contributed by atoms with Crippen LogP contribution in [0.3, 0.4) is 0 Å². The minimum absolute atomic E-state index is 0.00537. The van der Waals surface area contributed by atoms with Gasteiger partial charge in [0.1, 0.15) is 0 Å². The first-order valence-corrected chi connectivity index (χ1v) is 6.76. The van der Waals surface area contributed by atoms with Gasteiger partial charge in [-0.05, 0) is 58.1 Å². The van der Waals surface area contributed by atoms with Crippen molar-refractivity contribution in [1.29, 1.82) is 0 Å². The smallest absolute Gasteiger partial charge is 0.253 e. The molecule has 0 aliphatic heterocycles. The van der Waals surface area contributed by atoms with Crippen molar-refractivity contribution in [3.05, 3.63) is 29.3 Å². The summed E-state index contributed by atoms with van der Waals surface area (Å²) in [5, 5.41) is 6.04. The molecule has 1 aromatic carbocycles. The van der Waals surface area contributed by atoms with E-state index in [1.165, 1.54) is 0 Å². The van der Waals surface area contributed by atoms with E-state index in [1.54, 1.807) is 0 Å². The third-order valence-corrected chi connectivity index (χ3v) is 3.01. The van der Waals surface area contributed by atoms with E-state index >= 15 is 0 Å². The van der Waals surface area contributed by atoms with Crippen molar-refractivity contribution >= 4 is 11.6 Å². The summed E-state index contributed by atoms with van der Waals surface area (Å²) < 4.78 is 0. The zero-order valence-electron chi connectivity index (χ0n) is 12.4. The van der Waals surface area contributed by atoms with Gasteiger partial charge >= 0.3 is 0 Å². The molecule has 106 valence electrons. The van der Waals surface area contributed by atoms with E-state index in [4.69, 9.17) is 0 Å². The summed E-state index contributed by atoms with van der Waals surface area (Å²) in [6.45, 7) is 3.80. The molecule has 19 heavy (non-hydrogen) atoms. The second kappa shape index (κ2) is 7.79. The van der Waals surface area contributed by atoms with Crippen LogP contribution >= 0.6 is 0 Å². The zero-order valence-corrected chi connectivity index (χ0v) is 12.4. The summed E-state index contributed by atoms with van der Waals surface area (Å²) in [7, 11) is 5.96. The fourth-order valence-corrected chi connectivity index (χ4v) is 1.91. The Morgan fingerprint density at radius 1 is 1.26 bits per heavy atom. The Labute approximate surface area is 116 Å². The monoisotopic (exact) mass is 263 g/mol. The number of nitrogens with one attached hydrogen (secondary N) is 2. The maximum atomic E-state index is 12.1. The standard InChI is InChI=1S/C15H25N3O/c1-12-7-8-13(14(11-12)16-2)15(19)17-9-5-6-10-18(3)4/h7-8,11,16H,5-6,9-10H2,1-4H3,(H,17,19). The summed E-state index contributed by atoms with van der Waals surface area (Å²) in [5.74, 6) is -0.00537. The van der Waals surface area contributed by atoms with Crippen molar-refractivity contribution in [2.24, 2.45) is 0 Å². The van der Waals surface area contributed by atoms with Gasteiger partial charge in [-0.25, -0.2) is 0 Å². The highest BCUT2D eigenvalue weighted by molar-refractivity contribution is 5.99. The Morgan fingerprint density at radius 3 is 2.63 bits per heavy atom. The molecule has 0 aliphatic rings. The van der Waals surface area contributed by atoms with Crippen molar-refractivity contribution in [3.8, 4) is 0 Å². The first kappa shape index (κ1) is 15.5. The van der Waals surface area contributed by atoms with Gasteiger partial charge in [-0.3, -0.25) is 4.79 Å². The average molecular weight is 263 g/mol. The van der Waals surface area contributed by atoms with E-state index in [0.717, 1.165) is 37.2 Å². The molecule has 0 saturated carbocycles. The molecular formula is C15H25N3O. The predicted octanol–water partition coefficient (Wildman–Crippen LogP) is 2.11. The predicted molar refractivity (Wildman–Crippen MR) is 80.8 cm³/mol. The lowest BCUT2D eigenvalue weighted by Crippen LogP contribution is -2.26. The van der Waals surface area contributed by atoms with Crippen LogP contribution in [-0.2, 0) is 0 Å². The number of amides is 1. The molecule has 4 nitrogen and oxygen atoms in total. The molecule has 2 N–H and O–H groups in total. The molecule has 1 aromatic rings. The number of hydrogen-bond donors (Lipinski definition) is 2. The fourth-order valence-electron chi connectivity index (χ4n) is 1.91. The number of aryl methyl sites for hydroxylation is 1. The number of hydrogen-bond acceptors (Lipinski definition) is 3. The maximum absolute atomic E-state index is 12.1. The van der Waals surface area contributed by atoms with Gasteiger partial charge in [-0.15, -0.1) is 0 Å². The van der Waals surface area contributed by atoms with Crippen LogP contribution in [0.5, 0.6) is 0 Å². The lowest BCUT2D eigenvalue weighted by Gasteiger charge is -2.12. The van der Waals surface area contributed by atoms with E-state index in [-0.39, 0.29) is 5.91 Å². The van der Waals surface area contributed by atoms with Crippen molar-refractivity contribution in [3.63, 3.8) is 0 Å². The van der Waals surface area contributed by atoms with Crippen molar-refractivity contribution in [1.82, 2.24) is 10.2 Å². The van der Waals surface area contributed by atoms with Crippen molar-refractivity contribution < 1.29 is 4.79 Å². The summed E-state index contributed by atoms with van der Waals surface area (Å²) in [6, 6.07) is 5.82. The van der Waals surface area contributed by atoms with Crippen LogP contribution in [0.25, 0.3) is 0 Å². The number of nitrogens with zero attached hydrogens (tertiary/aromatic N) is 1. The summed E-state index contributed by atoms with van der Waals surface area (Å²) in [6.07, 6.45) is 2.10. The summed E-state index contributed by atoms with van der Waals surface area (Å²) in [5.41, 5.74) is 2.73. The van der Waals surface area contributed by atoms with E-state index < -0.39 is 0 Å². The Morgan fingerprint density at radius 2 is 2.00 bits per heavy atom. The molecule has 0 saturated heterocycles. The Balaban J connectivity index is 2.45. The molecule has 0 aliphatic carbocycles. The third-order valence-electron chi connectivity index (χ3n) is 3.01. The van der Waals surface area contributed by atoms with Gasteiger partial charge < -0.3 is 15.5 Å². The Kier molecular flexibility index (Phi) is 6.36. The Hall–Kier alpha value is -1.55. The van der Waals surface area contributed by atoms with Crippen LogP contribution in [0.15, 0.2) is 18.2 Å². The van der Waals surface area contributed by atoms with Gasteiger partial charge in [0.15, 0.2) is 0 Å². The second-order valence-corrected chi connectivity index (χ2v) is 5.07. The third kappa shape index (κ3) is 5.30. The molecule has 0 spiro atoms. The van der Waals surface area contributed by atoms with E-state index in [2.05, 4.69) is 29.6 Å². The Bertz CT molecular complexity index is 416. The second-order valence-electron chi connectivity index (χ2n) is 5.07. The molecule has 0 unspecified atom stereocenters. The van der Waals surface area contributed by atoms with Gasteiger partial charge in [0.25, 0.3) is 5.91 Å². The fraction of sp³-hybridized carbons (Fsp3) is 0.533. The highest BCUT2D eigenvalue weighted by Gasteiger charge is 2.09. The zero-order chi connectivity index (χ0) is 14.3. The lowest BCUT2D eigenvalue weighted by molar-refractivity contribution is 0.0953. The van der Waals surface area contributed by atoms with Crippen LogP contribution < -0.4 is 10.6 Å². The van der Waals surface area contributed by atoms with Gasteiger partial charge in [0.05, 0.1) is 5.56 Å². The average Bonchev–Trinajstić information content (AvgIpc) is 2.37. The molecule has 0 heterocycles. The molecule has 0 fully saturated rings. The minimum atomic E-state index is -0.00537. The topological polar surface area (TPSA) is 44.4 Å². The van der Waals surface area contributed by atoms with Gasteiger partial charge in [-0.1, -0.05) is 6.07 Å². The van der Waals surface area contributed by atoms with Crippen LogP contribution in [0, 0.1) is 6.92 Å². The van der Waals surface area contributed by atoms with Crippen LogP contribution in [0.2, 0.25) is 0 Å². The highest BCUT2D eigenvalue weighted by atomic mass is 16.1. The number of rotatable bonds is 7. The molecular weight excluding hydrogens is 238 g/mol. The van der Waals surface area contributed by atoms with Crippen LogP contribution in [-0.4, -0.2) is 45.0 Å². The normalized spacial score (nSPS) is 10.6.